The minimum absolute atomic E-state index is 0.567. The van der Waals surface area contributed by atoms with Gasteiger partial charge in [0.2, 0.25) is 0 Å². The van der Waals surface area contributed by atoms with Gasteiger partial charge in [0.1, 0.15) is 0 Å². The molecule has 0 bridgehead atoms. The van der Waals surface area contributed by atoms with E-state index in [0.717, 1.165) is 43.4 Å². The maximum absolute atomic E-state index is 5.78. The number of piperidine rings is 1. The Labute approximate surface area is 231 Å². The first kappa shape index (κ1) is 27.7. The summed E-state index contributed by atoms with van der Waals surface area (Å²) in [6.07, 6.45) is 14.7. The zero-order valence-electron chi connectivity index (χ0n) is 24.2. The third kappa shape index (κ3) is 7.01. The highest BCUT2D eigenvalue weighted by Gasteiger charge is 2.36. The van der Waals surface area contributed by atoms with Crippen LogP contribution in [-0.4, -0.2) is 51.6 Å². The maximum atomic E-state index is 5.78. The number of nitrogens with zero attached hydrogens (tertiary/aromatic N) is 2. The van der Waals surface area contributed by atoms with Crippen LogP contribution in [0.5, 0.6) is 0 Å². The second kappa shape index (κ2) is 13.5. The van der Waals surface area contributed by atoms with Crippen molar-refractivity contribution in [3.8, 4) is 0 Å². The molecule has 0 radical (unpaired) electrons. The Kier molecular flexibility index (Phi) is 9.83. The van der Waals surface area contributed by atoms with Crippen molar-refractivity contribution in [3.05, 3.63) is 41.5 Å². The Morgan fingerprint density at radius 3 is 2.45 bits per heavy atom. The van der Waals surface area contributed by atoms with E-state index >= 15 is 0 Å². The molecule has 1 aromatic rings. The first-order valence-corrected chi connectivity index (χ1v) is 15.7. The first-order chi connectivity index (χ1) is 18.6. The van der Waals surface area contributed by atoms with Gasteiger partial charge in [-0.25, -0.2) is 0 Å². The molecule has 5 nitrogen and oxygen atoms in total. The molecule has 5 rings (SSSR count). The summed E-state index contributed by atoms with van der Waals surface area (Å²) < 4.78 is 5.78. The van der Waals surface area contributed by atoms with Crippen molar-refractivity contribution in [1.82, 2.24) is 10.7 Å². The molecule has 38 heavy (non-hydrogen) atoms. The number of hydrogen-bond donors (Lipinski definition) is 2. The molecule has 4 heterocycles. The van der Waals surface area contributed by atoms with Gasteiger partial charge in [0.15, 0.2) is 0 Å². The summed E-state index contributed by atoms with van der Waals surface area (Å²) in [6, 6.07) is 10.1. The first-order valence-electron chi connectivity index (χ1n) is 15.7. The largest absolute Gasteiger partial charge is 0.381 e. The lowest BCUT2D eigenvalue weighted by atomic mass is 9.66. The minimum atomic E-state index is 0.567. The van der Waals surface area contributed by atoms with Crippen molar-refractivity contribution in [3.63, 3.8) is 0 Å². The SMILES string of the molecule is CC(CC(C1CCOCC1)C(C)C1CCNC(CC(C)c2ccc(N3CCCC3)cc2)C1)C1=CCNN=C1. The summed E-state index contributed by atoms with van der Waals surface area (Å²) in [5, 5.41) is 8.26. The molecule has 6 unspecified atom stereocenters. The molecule has 3 fully saturated rings. The molecule has 0 spiro atoms. The van der Waals surface area contributed by atoms with Gasteiger partial charge in [-0.1, -0.05) is 39.0 Å². The summed E-state index contributed by atoms with van der Waals surface area (Å²) in [6.45, 7) is 13.8. The van der Waals surface area contributed by atoms with Crippen LogP contribution in [0.4, 0.5) is 5.69 Å². The Balaban J connectivity index is 1.20. The van der Waals surface area contributed by atoms with Gasteiger partial charge in [-0.3, -0.25) is 0 Å². The number of hydrazone groups is 1. The molecule has 0 aliphatic carbocycles. The van der Waals surface area contributed by atoms with Crippen molar-refractivity contribution >= 4 is 11.9 Å². The number of rotatable bonds is 10. The standard InChI is InChI=1S/C33H52N4O/c1-24(27-6-8-32(9-7-27)37-16-4-5-17-37)20-31-22-29(10-14-34-31)26(3)33(28-12-18-38-19-13-28)21-25(2)30-11-15-35-36-23-30/h6-9,11,23-26,28-29,31,33-35H,4-5,10,12-22H2,1-3H3. The Morgan fingerprint density at radius 1 is 0.974 bits per heavy atom. The molecule has 5 heteroatoms. The molecule has 0 saturated carbocycles. The zero-order chi connectivity index (χ0) is 26.3. The summed E-state index contributed by atoms with van der Waals surface area (Å²) in [4.78, 5) is 2.54. The number of anilines is 1. The smallest absolute Gasteiger partial charge is 0.0516 e. The molecule has 3 saturated heterocycles. The second-order valence-corrected chi connectivity index (χ2v) is 12.8. The van der Waals surface area contributed by atoms with Gasteiger partial charge in [-0.05, 0) is 117 Å². The number of ether oxygens (including phenoxy) is 1. The van der Waals surface area contributed by atoms with Crippen LogP contribution in [0.15, 0.2) is 41.0 Å². The van der Waals surface area contributed by atoms with E-state index in [4.69, 9.17) is 4.74 Å². The van der Waals surface area contributed by atoms with Gasteiger partial charge in [-0.15, -0.1) is 0 Å². The normalized spacial score (nSPS) is 27.9. The van der Waals surface area contributed by atoms with Crippen LogP contribution in [0, 0.1) is 29.6 Å². The lowest BCUT2D eigenvalue weighted by Gasteiger charge is -2.42. The Morgan fingerprint density at radius 2 is 1.74 bits per heavy atom. The van der Waals surface area contributed by atoms with Crippen LogP contribution in [0.25, 0.3) is 0 Å². The van der Waals surface area contributed by atoms with Crippen LogP contribution in [0.3, 0.4) is 0 Å². The number of benzene rings is 1. The topological polar surface area (TPSA) is 48.9 Å². The predicted molar refractivity (Wildman–Crippen MR) is 160 cm³/mol. The summed E-state index contributed by atoms with van der Waals surface area (Å²) >= 11 is 0. The van der Waals surface area contributed by atoms with E-state index in [2.05, 4.69) is 78.1 Å². The van der Waals surface area contributed by atoms with Gasteiger partial charge in [0, 0.05) is 44.2 Å². The fourth-order valence-corrected chi connectivity index (χ4v) is 7.84. The van der Waals surface area contributed by atoms with Gasteiger partial charge >= 0.3 is 0 Å². The van der Waals surface area contributed by atoms with E-state index in [0.29, 0.717) is 17.9 Å². The van der Waals surface area contributed by atoms with Gasteiger partial charge in [-0.2, -0.15) is 5.10 Å². The van der Waals surface area contributed by atoms with Crippen LogP contribution in [0.1, 0.15) is 83.6 Å². The zero-order valence-corrected chi connectivity index (χ0v) is 24.2. The quantitative estimate of drug-likeness (QED) is 0.376. The molecular weight excluding hydrogens is 468 g/mol. The summed E-state index contributed by atoms with van der Waals surface area (Å²) in [5.74, 6) is 4.27. The van der Waals surface area contributed by atoms with Crippen molar-refractivity contribution < 1.29 is 4.74 Å². The van der Waals surface area contributed by atoms with Gasteiger partial charge < -0.3 is 20.4 Å². The van der Waals surface area contributed by atoms with Crippen molar-refractivity contribution in [1.29, 1.82) is 0 Å². The predicted octanol–water partition coefficient (Wildman–Crippen LogP) is 6.37. The van der Waals surface area contributed by atoms with E-state index in [1.54, 1.807) is 0 Å². The van der Waals surface area contributed by atoms with Crippen LogP contribution in [-0.2, 0) is 4.74 Å². The fourth-order valence-electron chi connectivity index (χ4n) is 7.84. The highest BCUT2D eigenvalue weighted by Crippen LogP contribution is 2.42. The molecule has 0 amide bonds. The molecule has 6 atom stereocenters. The highest BCUT2D eigenvalue weighted by atomic mass is 16.5. The van der Waals surface area contributed by atoms with E-state index in [-0.39, 0.29) is 0 Å². The minimum Gasteiger partial charge on any atom is -0.381 e. The average molecular weight is 521 g/mol. The van der Waals surface area contributed by atoms with Crippen LogP contribution < -0.4 is 15.6 Å². The molecule has 0 aromatic heterocycles. The van der Waals surface area contributed by atoms with Crippen LogP contribution in [0.2, 0.25) is 0 Å². The van der Waals surface area contributed by atoms with E-state index in [1.165, 1.54) is 87.8 Å². The summed E-state index contributed by atoms with van der Waals surface area (Å²) in [5.41, 5.74) is 7.39. The van der Waals surface area contributed by atoms with E-state index in [9.17, 15) is 0 Å². The molecule has 210 valence electrons. The van der Waals surface area contributed by atoms with Crippen molar-refractivity contribution in [2.45, 2.75) is 84.1 Å². The third-order valence-electron chi connectivity index (χ3n) is 10.3. The third-order valence-corrected chi connectivity index (χ3v) is 10.3. The van der Waals surface area contributed by atoms with E-state index < -0.39 is 0 Å². The maximum Gasteiger partial charge on any atom is 0.0516 e. The average Bonchev–Trinajstić information content (AvgIpc) is 3.52. The highest BCUT2D eigenvalue weighted by molar-refractivity contribution is 5.79. The lowest BCUT2D eigenvalue weighted by molar-refractivity contribution is 0.0174. The number of allylic oxidation sites excluding steroid dienone is 1. The summed E-state index contributed by atoms with van der Waals surface area (Å²) in [7, 11) is 0. The van der Waals surface area contributed by atoms with Crippen molar-refractivity contribution in [2.75, 3.05) is 44.3 Å². The molecule has 4 aliphatic heterocycles. The Bertz CT molecular complexity index is 915. The van der Waals surface area contributed by atoms with Gasteiger partial charge in [0.25, 0.3) is 0 Å². The van der Waals surface area contributed by atoms with Gasteiger partial charge in [0.05, 0.1) is 6.54 Å². The van der Waals surface area contributed by atoms with Crippen molar-refractivity contribution in [2.24, 2.45) is 34.7 Å². The fraction of sp³-hybridized carbons (Fsp3) is 0.727. The molecule has 1 aromatic carbocycles. The lowest BCUT2D eigenvalue weighted by Crippen LogP contribution is -2.43. The van der Waals surface area contributed by atoms with E-state index in [1.807, 2.05) is 0 Å². The Hall–Kier alpha value is -1.85. The molecule has 4 aliphatic rings. The number of nitrogens with one attached hydrogen (secondary N) is 2. The monoisotopic (exact) mass is 520 g/mol. The second-order valence-electron chi connectivity index (χ2n) is 12.8. The molecular formula is C33H52N4O. The molecule has 2 N–H and O–H groups in total. The number of hydrogen-bond acceptors (Lipinski definition) is 5. The van der Waals surface area contributed by atoms with Crippen LogP contribution >= 0.6 is 0 Å².